The van der Waals surface area contributed by atoms with E-state index in [-0.39, 0.29) is 10.5 Å². The van der Waals surface area contributed by atoms with Crippen molar-refractivity contribution in [2.45, 2.75) is 24.2 Å². The topological polar surface area (TPSA) is 72.5 Å². The summed E-state index contributed by atoms with van der Waals surface area (Å²) in [6, 6.07) is 2.93. The number of hydrogen-bond acceptors (Lipinski definition) is 4. The molecule has 0 bridgehead atoms. The first-order chi connectivity index (χ1) is 9.86. The minimum Gasteiger partial charge on any atom is -0.385 e. The second-order valence-electron chi connectivity index (χ2n) is 4.39. The molecule has 118 valence electrons. The second-order valence-corrected chi connectivity index (χ2v) is 6.95. The molecular formula is C13H17ClFNO4S. The lowest BCUT2D eigenvalue weighted by Gasteiger charge is -2.07. The monoisotopic (exact) mass is 337 g/mol. The van der Waals surface area contributed by atoms with Crippen molar-refractivity contribution < 1.29 is 22.3 Å². The molecule has 8 heteroatoms. The predicted octanol–water partition coefficient (Wildman–Crippen LogP) is 2.30. The summed E-state index contributed by atoms with van der Waals surface area (Å²) in [6.45, 7) is 1.08. The Kier molecular flexibility index (Phi) is 7.07. The third kappa shape index (κ3) is 5.99. The highest BCUT2D eigenvalue weighted by Crippen LogP contribution is 2.18. The van der Waals surface area contributed by atoms with Crippen LogP contribution in [-0.4, -0.2) is 34.6 Å². The van der Waals surface area contributed by atoms with Gasteiger partial charge in [0.2, 0.25) is 0 Å². The maximum absolute atomic E-state index is 13.7. The zero-order chi connectivity index (χ0) is 15.9. The molecule has 0 atom stereocenters. The van der Waals surface area contributed by atoms with Crippen LogP contribution in [0, 0.1) is 5.82 Å². The van der Waals surface area contributed by atoms with Crippen molar-refractivity contribution in [1.29, 1.82) is 0 Å². The molecule has 1 N–H and O–H groups in total. The number of carbonyl (C=O) groups is 1. The molecule has 1 aromatic rings. The SMILES string of the molecule is COCCCCCNC(=O)c1ccc(S(=O)(=O)Cl)cc1F. The van der Waals surface area contributed by atoms with Crippen LogP contribution in [0.2, 0.25) is 0 Å². The zero-order valence-electron chi connectivity index (χ0n) is 11.6. The Hall–Kier alpha value is -1.18. The lowest BCUT2D eigenvalue weighted by Crippen LogP contribution is -2.25. The smallest absolute Gasteiger partial charge is 0.261 e. The maximum atomic E-state index is 13.7. The molecule has 0 aliphatic carbocycles. The highest BCUT2D eigenvalue weighted by atomic mass is 35.7. The molecule has 0 spiro atoms. The van der Waals surface area contributed by atoms with Crippen molar-refractivity contribution in [3.8, 4) is 0 Å². The number of methoxy groups -OCH3 is 1. The van der Waals surface area contributed by atoms with E-state index >= 15 is 0 Å². The predicted molar refractivity (Wildman–Crippen MR) is 77.5 cm³/mol. The molecule has 0 saturated heterocycles. The third-order valence-corrected chi connectivity index (χ3v) is 4.13. The number of nitrogens with one attached hydrogen (secondary N) is 1. The van der Waals surface area contributed by atoms with E-state index < -0.39 is 20.8 Å². The number of amides is 1. The van der Waals surface area contributed by atoms with Crippen LogP contribution in [0.5, 0.6) is 0 Å². The molecule has 1 amide bonds. The van der Waals surface area contributed by atoms with E-state index in [4.69, 9.17) is 15.4 Å². The van der Waals surface area contributed by atoms with Gasteiger partial charge in [-0.3, -0.25) is 4.79 Å². The summed E-state index contributed by atoms with van der Waals surface area (Å²) in [5, 5.41) is 2.57. The van der Waals surface area contributed by atoms with Crippen molar-refractivity contribution in [1.82, 2.24) is 5.32 Å². The Labute approximate surface area is 127 Å². The average Bonchev–Trinajstić information content (AvgIpc) is 2.41. The fourth-order valence-corrected chi connectivity index (χ4v) is 2.44. The van der Waals surface area contributed by atoms with Crippen LogP contribution in [0.1, 0.15) is 29.6 Å². The molecule has 1 aromatic carbocycles. The van der Waals surface area contributed by atoms with Crippen molar-refractivity contribution in [3.63, 3.8) is 0 Å². The van der Waals surface area contributed by atoms with E-state index in [0.29, 0.717) is 13.2 Å². The number of hydrogen-bond donors (Lipinski definition) is 1. The Morgan fingerprint density at radius 1 is 1.33 bits per heavy atom. The molecule has 0 heterocycles. The van der Waals surface area contributed by atoms with Gasteiger partial charge in [-0.1, -0.05) is 0 Å². The quantitative estimate of drug-likeness (QED) is 0.583. The summed E-state index contributed by atoms with van der Waals surface area (Å²) in [7, 11) is 2.71. The average molecular weight is 338 g/mol. The van der Waals surface area contributed by atoms with Crippen LogP contribution in [0.4, 0.5) is 4.39 Å². The summed E-state index contributed by atoms with van der Waals surface area (Å²) in [5.41, 5.74) is -0.212. The maximum Gasteiger partial charge on any atom is 0.261 e. The molecule has 0 aromatic heterocycles. The van der Waals surface area contributed by atoms with E-state index in [1.807, 2.05) is 0 Å². The lowest BCUT2D eigenvalue weighted by molar-refractivity contribution is 0.0948. The Morgan fingerprint density at radius 3 is 2.62 bits per heavy atom. The van der Waals surface area contributed by atoms with Gasteiger partial charge in [-0.15, -0.1) is 0 Å². The molecule has 21 heavy (non-hydrogen) atoms. The summed E-state index contributed by atoms with van der Waals surface area (Å²) < 4.78 is 40.7. The van der Waals surface area contributed by atoms with E-state index in [2.05, 4.69) is 5.32 Å². The van der Waals surface area contributed by atoms with Gasteiger partial charge in [0.15, 0.2) is 0 Å². The standard InChI is InChI=1S/C13H17ClFNO4S/c1-20-8-4-2-3-7-16-13(17)11-6-5-10(9-12(11)15)21(14,18)19/h5-6,9H,2-4,7-8H2,1H3,(H,16,17). The molecule has 0 unspecified atom stereocenters. The van der Waals surface area contributed by atoms with E-state index in [1.165, 1.54) is 0 Å². The first kappa shape index (κ1) is 17.9. The third-order valence-electron chi connectivity index (χ3n) is 2.78. The number of halogens is 2. The first-order valence-electron chi connectivity index (χ1n) is 6.37. The van der Waals surface area contributed by atoms with E-state index in [1.54, 1.807) is 7.11 Å². The molecule has 5 nitrogen and oxygen atoms in total. The van der Waals surface area contributed by atoms with Crippen LogP contribution in [0.25, 0.3) is 0 Å². The van der Waals surface area contributed by atoms with Crippen LogP contribution >= 0.6 is 10.7 Å². The van der Waals surface area contributed by atoms with Gasteiger partial charge in [-0.2, -0.15) is 0 Å². The molecule has 0 saturated carbocycles. The van der Waals surface area contributed by atoms with Gasteiger partial charge < -0.3 is 10.1 Å². The summed E-state index contributed by atoms with van der Waals surface area (Å²) in [6.07, 6.45) is 2.54. The first-order valence-corrected chi connectivity index (χ1v) is 8.68. The molecule has 0 aliphatic rings. The summed E-state index contributed by atoms with van der Waals surface area (Å²) in [4.78, 5) is 11.4. The Morgan fingerprint density at radius 2 is 2.05 bits per heavy atom. The van der Waals surface area contributed by atoms with Gasteiger partial charge in [0.25, 0.3) is 15.0 Å². The summed E-state index contributed by atoms with van der Waals surface area (Å²) >= 11 is 0. The number of carbonyl (C=O) groups excluding carboxylic acids is 1. The van der Waals surface area contributed by atoms with Gasteiger partial charge in [0.05, 0.1) is 10.5 Å². The second kappa shape index (κ2) is 8.31. The molecular weight excluding hydrogens is 321 g/mol. The lowest BCUT2D eigenvalue weighted by atomic mass is 10.2. The van der Waals surface area contributed by atoms with Crippen molar-refractivity contribution in [2.24, 2.45) is 0 Å². The van der Waals surface area contributed by atoms with E-state index in [0.717, 1.165) is 37.5 Å². The number of benzene rings is 1. The minimum atomic E-state index is -4.01. The van der Waals surface area contributed by atoms with Crippen LogP contribution in [0.15, 0.2) is 23.1 Å². The Bertz CT molecular complexity index is 592. The molecule has 0 fully saturated rings. The van der Waals surface area contributed by atoms with Gasteiger partial charge in [-0.25, -0.2) is 12.8 Å². The highest BCUT2D eigenvalue weighted by molar-refractivity contribution is 8.13. The largest absolute Gasteiger partial charge is 0.385 e. The van der Waals surface area contributed by atoms with Crippen molar-refractivity contribution in [3.05, 3.63) is 29.6 Å². The fourth-order valence-electron chi connectivity index (χ4n) is 1.68. The molecule has 1 rings (SSSR count). The van der Waals surface area contributed by atoms with E-state index in [9.17, 15) is 17.6 Å². The normalized spacial score (nSPS) is 11.4. The number of rotatable bonds is 8. The van der Waals surface area contributed by atoms with Gasteiger partial charge in [-0.05, 0) is 37.5 Å². The van der Waals surface area contributed by atoms with Crippen molar-refractivity contribution >= 4 is 25.6 Å². The van der Waals surface area contributed by atoms with Crippen molar-refractivity contribution in [2.75, 3.05) is 20.3 Å². The van der Waals surface area contributed by atoms with Crippen LogP contribution in [0.3, 0.4) is 0 Å². The zero-order valence-corrected chi connectivity index (χ0v) is 13.1. The summed E-state index contributed by atoms with van der Waals surface area (Å²) in [5.74, 6) is -1.51. The minimum absolute atomic E-state index is 0.212. The number of unbranched alkanes of at least 4 members (excludes halogenated alkanes) is 2. The fraction of sp³-hybridized carbons (Fsp3) is 0.462. The Balaban J connectivity index is 2.55. The molecule has 0 aliphatic heterocycles. The highest BCUT2D eigenvalue weighted by Gasteiger charge is 2.16. The van der Waals surface area contributed by atoms with Gasteiger partial charge in [0.1, 0.15) is 5.82 Å². The van der Waals surface area contributed by atoms with Crippen LogP contribution in [-0.2, 0) is 13.8 Å². The van der Waals surface area contributed by atoms with Crippen LogP contribution < -0.4 is 5.32 Å². The molecule has 0 radical (unpaired) electrons. The van der Waals surface area contributed by atoms with Gasteiger partial charge >= 0.3 is 0 Å². The number of ether oxygens (including phenoxy) is 1. The van der Waals surface area contributed by atoms with Gasteiger partial charge in [0, 0.05) is 30.9 Å².